The van der Waals surface area contributed by atoms with E-state index in [2.05, 4.69) is 15.0 Å². The summed E-state index contributed by atoms with van der Waals surface area (Å²) in [6.07, 6.45) is -3.34. The summed E-state index contributed by atoms with van der Waals surface area (Å²) in [5.74, 6) is -0.330. The number of alkyl halides is 3. The fourth-order valence-corrected chi connectivity index (χ4v) is 1.67. The third kappa shape index (κ3) is 4.32. The number of nitrogens with one attached hydrogen (secondary N) is 1. The van der Waals surface area contributed by atoms with Crippen LogP contribution in [-0.4, -0.2) is 16.3 Å². The van der Waals surface area contributed by atoms with Crippen molar-refractivity contribution < 1.29 is 17.9 Å². The Kier molecular flexibility index (Phi) is 4.27. The van der Waals surface area contributed by atoms with Crippen molar-refractivity contribution in [1.82, 2.24) is 4.98 Å². The maximum atomic E-state index is 12.3. The van der Waals surface area contributed by atoms with Crippen LogP contribution in [0.2, 0.25) is 0 Å². The number of pyridine rings is 1. The number of thiocarbonyl (C=S) groups is 1. The molecular weight excluding hydrogens is 303 g/mol. The predicted octanol–water partition coefficient (Wildman–Crippen LogP) is 3.36. The average Bonchev–Trinajstić information content (AvgIpc) is 2.40. The lowest BCUT2D eigenvalue weighted by Gasteiger charge is -2.14. The van der Waals surface area contributed by atoms with Gasteiger partial charge in [0.25, 0.3) is 0 Å². The molecule has 2 aromatic rings. The summed E-state index contributed by atoms with van der Waals surface area (Å²) in [4.78, 5) is 4.13. The SMILES string of the molecule is NC(=S)c1ccc(Nc2ccccc2OC(F)(F)F)cn1. The standard InChI is InChI=1S/C13H10F3N3OS/c14-13(15,16)20-11-4-2-1-3-9(11)19-8-5-6-10(12(17)21)18-7-8/h1-7,19H,(H2,17,21). The fraction of sp³-hybridized carbons (Fsp3) is 0.0769. The third-order valence-corrected chi connectivity index (χ3v) is 2.62. The first-order valence-electron chi connectivity index (χ1n) is 5.73. The van der Waals surface area contributed by atoms with Gasteiger partial charge < -0.3 is 15.8 Å². The Labute approximate surface area is 123 Å². The first-order chi connectivity index (χ1) is 9.85. The maximum absolute atomic E-state index is 12.3. The highest BCUT2D eigenvalue weighted by molar-refractivity contribution is 7.80. The van der Waals surface area contributed by atoms with Crippen LogP contribution in [0, 0.1) is 0 Å². The highest BCUT2D eigenvalue weighted by Crippen LogP contribution is 2.31. The molecular formula is C13H10F3N3OS. The summed E-state index contributed by atoms with van der Waals surface area (Å²) in [7, 11) is 0. The maximum Gasteiger partial charge on any atom is 0.573 e. The Morgan fingerprint density at radius 2 is 1.90 bits per heavy atom. The number of halogens is 3. The molecule has 21 heavy (non-hydrogen) atoms. The van der Waals surface area contributed by atoms with Gasteiger partial charge in [0.1, 0.15) is 4.99 Å². The average molecular weight is 313 g/mol. The quantitative estimate of drug-likeness (QED) is 0.848. The molecule has 0 aliphatic rings. The van der Waals surface area contributed by atoms with E-state index in [1.165, 1.54) is 24.4 Å². The molecule has 2 rings (SSSR count). The van der Waals surface area contributed by atoms with E-state index in [-0.39, 0.29) is 16.4 Å². The molecule has 0 aliphatic heterocycles. The number of anilines is 2. The molecule has 0 radical (unpaired) electrons. The summed E-state index contributed by atoms with van der Waals surface area (Å²) in [6, 6.07) is 8.88. The largest absolute Gasteiger partial charge is 0.573 e. The van der Waals surface area contributed by atoms with Gasteiger partial charge in [-0.1, -0.05) is 24.4 Å². The second-order valence-electron chi connectivity index (χ2n) is 3.97. The van der Waals surface area contributed by atoms with Crippen molar-refractivity contribution in [3.05, 3.63) is 48.3 Å². The van der Waals surface area contributed by atoms with Crippen LogP contribution in [0.5, 0.6) is 5.75 Å². The molecule has 0 unspecified atom stereocenters. The highest BCUT2D eigenvalue weighted by Gasteiger charge is 2.32. The van der Waals surface area contributed by atoms with Crippen LogP contribution in [0.4, 0.5) is 24.5 Å². The monoisotopic (exact) mass is 313 g/mol. The molecule has 0 saturated heterocycles. The molecule has 8 heteroatoms. The molecule has 0 atom stereocenters. The Bertz CT molecular complexity index is 644. The molecule has 0 aliphatic carbocycles. The number of aromatic nitrogens is 1. The van der Waals surface area contributed by atoms with Gasteiger partial charge in [-0.05, 0) is 24.3 Å². The van der Waals surface area contributed by atoms with E-state index >= 15 is 0 Å². The van der Waals surface area contributed by atoms with E-state index < -0.39 is 6.36 Å². The zero-order chi connectivity index (χ0) is 15.5. The van der Waals surface area contributed by atoms with E-state index in [4.69, 9.17) is 18.0 Å². The zero-order valence-corrected chi connectivity index (χ0v) is 11.3. The van der Waals surface area contributed by atoms with Crippen molar-refractivity contribution in [2.45, 2.75) is 6.36 Å². The minimum atomic E-state index is -4.76. The highest BCUT2D eigenvalue weighted by atomic mass is 32.1. The minimum absolute atomic E-state index is 0.141. The summed E-state index contributed by atoms with van der Waals surface area (Å²) in [6.45, 7) is 0. The van der Waals surface area contributed by atoms with E-state index in [9.17, 15) is 13.2 Å². The number of rotatable bonds is 4. The van der Waals surface area contributed by atoms with Gasteiger partial charge in [-0.3, -0.25) is 4.98 Å². The van der Waals surface area contributed by atoms with Gasteiger partial charge in [-0.2, -0.15) is 0 Å². The summed E-state index contributed by atoms with van der Waals surface area (Å²) < 4.78 is 40.9. The van der Waals surface area contributed by atoms with Crippen LogP contribution < -0.4 is 15.8 Å². The topological polar surface area (TPSA) is 60.2 Å². The van der Waals surface area contributed by atoms with E-state index in [1.807, 2.05) is 0 Å². The van der Waals surface area contributed by atoms with Crippen molar-refractivity contribution in [3.8, 4) is 5.75 Å². The van der Waals surface area contributed by atoms with Gasteiger partial charge >= 0.3 is 6.36 Å². The number of nitrogens with zero attached hydrogens (tertiary/aromatic N) is 1. The molecule has 0 fully saturated rings. The number of para-hydroxylation sites is 2. The van der Waals surface area contributed by atoms with Gasteiger partial charge in [0.15, 0.2) is 5.75 Å². The second-order valence-corrected chi connectivity index (χ2v) is 4.41. The van der Waals surface area contributed by atoms with Gasteiger partial charge in [0.05, 0.1) is 23.3 Å². The molecule has 0 amide bonds. The molecule has 0 spiro atoms. The lowest BCUT2D eigenvalue weighted by Crippen LogP contribution is -2.17. The van der Waals surface area contributed by atoms with Crippen molar-refractivity contribution in [1.29, 1.82) is 0 Å². The van der Waals surface area contributed by atoms with Crippen LogP contribution in [0.15, 0.2) is 42.6 Å². The van der Waals surface area contributed by atoms with Gasteiger partial charge in [0.2, 0.25) is 0 Å². The van der Waals surface area contributed by atoms with Gasteiger partial charge in [-0.15, -0.1) is 13.2 Å². The molecule has 0 saturated carbocycles. The summed E-state index contributed by atoms with van der Waals surface area (Å²) >= 11 is 4.77. The summed E-state index contributed by atoms with van der Waals surface area (Å²) in [5.41, 5.74) is 6.49. The van der Waals surface area contributed by atoms with Crippen molar-refractivity contribution >= 4 is 28.6 Å². The first-order valence-corrected chi connectivity index (χ1v) is 6.13. The Hall–Kier alpha value is -2.35. The molecule has 3 N–H and O–H groups in total. The van der Waals surface area contributed by atoms with E-state index in [1.54, 1.807) is 18.2 Å². The Morgan fingerprint density at radius 3 is 2.48 bits per heavy atom. The fourth-order valence-electron chi connectivity index (χ4n) is 1.55. The first kappa shape index (κ1) is 15.0. The summed E-state index contributed by atoms with van der Waals surface area (Å²) in [5, 5.41) is 2.79. The van der Waals surface area contributed by atoms with Gasteiger partial charge in [0, 0.05) is 0 Å². The van der Waals surface area contributed by atoms with Crippen LogP contribution in [-0.2, 0) is 0 Å². The normalized spacial score (nSPS) is 11.0. The zero-order valence-electron chi connectivity index (χ0n) is 10.5. The minimum Gasteiger partial charge on any atom is -0.404 e. The Balaban J connectivity index is 2.21. The van der Waals surface area contributed by atoms with Crippen LogP contribution in [0.3, 0.4) is 0 Å². The molecule has 1 heterocycles. The number of nitrogens with two attached hydrogens (primary N) is 1. The third-order valence-electron chi connectivity index (χ3n) is 2.41. The van der Waals surface area contributed by atoms with Crippen molar-refractivity contribution in [2.24, 2.45) is 5.73 Å². The molecule has 110 valence electrons. The molecule has 0 bridgehead atoms. The smallest absolute Gasteiger partial charge is 0.404 e. The number of benzene rings is 1. The lowest BCUT2D eigenvalue weighted by atomic mass is 10.2. The number of hydrogen-bond acceptors (Lipinski definition) is 4. The van der Waals surface area contributed by atoms with Gasteiger partial charge in [-0.25, -0.2) is 0 Å². The Morgan fingerprint density at radius 1 is 1.19 bits per heavy atom. The van der Waals surface area contributed by atoms with Crippen LogP contribution >= 0.6 is 12.2 Å². The number of ether oxygens (including phenoxy) is 1. The molecule has 4 nitrogen and oxygen atoms in total. The number of hydrogen-bond donors (Lipinski definition) is 2. The van der Waals surface area contributed by atoms with E-state index in [0.717, 1.165) is 0 Å². The predicted molar refractivity (Wildman–Crippen MR) is 76.5 cm³/mol. The molecule has 1 aromatic carbocycles. The second kappa shape index (κ2) is 5.96. The van der Waals surface area contributed by atoms with Crippen LogP contribution in [0.25, 0.3) is 0 Å². The molecule has 1 aromatic heterocycles. The van der Waals surface area contributed by atoms with Crippen LogP contribution in [0.1, 0.15) is 5.69 Å². The lowest BCUT2D eigenvalue weighted by molar-refractivity contribution is -0.274. The van der Waals surface area contributed by atoms with Crippen molar-refractivity contribution in [2.75, 3.05) is 5.32 Å². The van der Waals surface area contributed by atoms with Crippen molar-refractivity contribution in [3.63, 3.8) is 0 Å². The van der Waals surface area contributed by atoms with E-state index in [0.29, 0.717) is 11.4 Å².